The van der Waals surface area contributed by atoms with Crippen molar-refractivity contribution in [3.63, 3.8) is 0 Å². The SMILES string of the molecule is CN(CCC1COCCO1)Cc1ccn[nH]1. The predicted octanol–water partition coefficient (Wildman–Crippen LogP) is 0.647. The van der Waals surface area contributed by atoms with Crippen LogP contribution in [0.1, 0.15) is 12.1 Å². The van der Waals surface area contributed by atoms with Gasteiger partial charge in [0.2, 0.25) is 0 Å². The van der Waals surface area contributed by atoms with Crippen LogP contribution in [0.5, 0.6) is 0 Å². The third-order valence-corrected chi connectivity index (χ3v) is 2.72. The van der Waals surface area contributed by atoms with Crippen LogP contribution in [0, 0.1) is 0 Å². The molecule has 1 atom stereocenters. The lowest BCUT2D eigenvalue weighted by atomic mass is 10.2. The van der Waals surface area contributed by atoms with Crippen LogP contribution in [-0.4, -0.2) is 54.6 Å². The smallest absolute Gasteiger partial charge is 0.0821 e. The van der Waals surface area contributed by atoms with E-state index in [9.17, 15) is 0 Å². The normalized spacial score (nSPS) is 21.5. The average molecular weight is 225 g/mol. The first kappa shape index (κ1) is 11.6. The first-order valence-corrected chi connectivity index (χ1v) is 5.71. The number of hydrogen-bond donors (Lipinski definition) is 1. The molecule has 0 bridgehead atoms. The highest BCUT2D eigenvalue weighted by atomic mass is 16.6. The summed E-state index contributed by atoms with van der Waals surface area (Å²) in [6.45, 7) is 4.11. The van der Waals surface area contributed by atoms with E-state index in [1.165, 1.54) is 0 Å². The van der Waals surface area contributed by atoms with Crippen molar-refractivity contribution >= 4 is 0 Å². The maximum absolute atomic E-state index is 5.59. The fraction of sp³-hybridized carbons (Fsp3) is 0.727. The van der Waals surface area contributed by atoms with Crippen LogP contribution >= 0.6 is 0 Å². The maximum Gasteiger partial charge on any atom is 0.0821 e. The molecule has 1 saturated heterocycles. The van der Waals surface area contributed by atoms with E-state index in [1.807, 2.05) is 6.07 Å². The van der Waals surface area contributed by atoms with Crippen molar-refractivity contribution in [3.05, 3.63) is 18.0 Å². The van der Waals surface area contributed by atoms with Crippen molar-refractivity contribution in [2.45, 2.75) is 19.1 Å². The van der Waals surface area contributed by atoms with Crippen LogP contribution in [-0.2, 0) is 16.0 Å². The molecule has 1 aromatic heterocycles. The molecule has 1 aliphatic rings. The second-order valence-corrected chi connectivity index (χ2v) is 4.18. The third-order valence-electron chi connectivity index (χ3n) is 2.72. The van der Waals surface area contributed by atoms with Gasteiger partial charge < -0.3 is 14.4 Å². The number of H-pyrrole nitrogens is 1. The molecule has 16 heavy (non-hydrogen) atoms. The van der Waals surface area contributed by atoms with Crippen molar-refractivity contribution < 1.29 is 9.47 Å². The highest BCUT2D eigenvalue weighted by Crippen LogP contribution is 2.07. The Kier molecular flexibility index (Phi) is 4.33. The summed E-state index contributed by atoms with van der Waals surface area (Å²) in [4.78, 5) is 2.26. The molecule has 0 saturated carbocycles. The lowest BCUT2D eigenvalue weighted by molar-refractivity contribution is -0.0924. The summed E-state index contributed by atoms with van der Waals surface area (Å²) in [6.07, 6.45) is 3.06. The van der Waals surface area contributed by atoms with E-state index in [0.717, 1.165) is 45.0 Å². The van der Waals surface area contributed by atoms with E-state index in [4.69, 9.17) is 9.47 Å². The Labute approximate surface area is 95.7 Å². The molecule has 90 valence electrons. The number of hydrogen-bond acceptors (Lipinski definition) is 4. The number of nitrogens with zero attached hydrogens (tertiary/aromatic N) is 2. The standard InChI is InChI=1S/C11H19N3O2/c1-14(8-10-2-4-12-13-10)5-3-11-9-15-6-7-16-11/h2,4,11H,3,5-9H2,1H3,(H,12,13). The quantitative estimate of drug-likeness (QED) is 0.799. The van der Waals surface area contributed by atoms with Crippen molar-refractivity contribution in [1.82, 2.24) is 15.1 Å². The van der Waals surface area contributed by atoms with E-state index in [2.05, 4.69) is 22.1 Å². The maximum atomic E-state index is 5.59. The fourth-order valence-corrected chi connectivity index (χ4v) is 1.81. The molecule has 2 heterocycles. The molecule has 5 heteroatoms. The van der Waals surface area contributed by atoms with Gasteiger partial charge in [0.05, 0.1) is 25.9 Å². The minimum absolute atomic E-state index is 0.262. The van der Waals surface area contributed by atoms with E-state index < -0.39 is 0 Å². The summed E-state index contributed by atoms with van der Waals surface area (Å²) in [5, 5.41) is 6.89. The Balaban J connectivity index is 1.65. The van der Waals surface area contributed by atoms with Crippen LogP contribution in [0.3, 0.4) is 0 Å². The lowest BCUT2D eigenvalue weighted by Crippen LogP contribution is -2.32. The van der Waals surface area contributed by atoms with Gasteiger partial charge >= 0.3 is 0 Å². The van der Waals surface area contributed by atoms with Crippen molar-refractivity contribution in [2.75, 3.05) is 33.4 Å². The van der Waals surface area contributed by atoms with Crippen molar-refractivity contribution in [2.24, 2.45) is 0 Å². The first-order valence-electron chi connectivity index (χ1n) is 5.71. The van der Waals surface area contributed by atoms with Crippen LogP contribution in [0.15, 0.2) is 12.3 Å². The fourth-order valence-electron chi connectivity index (χ4n) is 1.81. The van der Waals surface area contributed by atoms with Crippen LogP contribution in [0.2, 0.25) is 0 Å². The number of rotatable bonds is 5. The Morgan fingerprint density at radius 3 is 3.19 bits per heavy atom. The zero-order chi connectivity index (χ0) is 11.2. The van der Waals surface area contributed by atoms with Crippen LogP contribution in [0.4, 0.5) is 0 Å². The van der Waals surface area contributed by atoms with E-state index in [1.54, 1.807) is 6.20 Å². The zero-order valence-electron chi connectivity index (χ0n) is 9.69. The molecule has 2 rings (SSSR count). The molecule has 1 unspecified atom stereocenters. The Morgan fingerprint density at radius 2 is 2.50 bits per heavy atom. The second-order valence-electron chi connectivity index (χ2n) is 4.18. The largest absolute Gasteiger partial charge is 0.376 e. The summed E-state index contributed by atoms with van der Waals surface area (Å²) in [6, 6.07) is 2.00. The summed E-state index contributed by atoms with van der Waals surface area (Å²) >= 11 is 0. The van der Waals surface area contributed by atoms with Gasteiger partial charge in [-0.1, -0.05) is 0 Å². The van der Waals surface area contributed by atoms with Crippen molar-refractivity contribution in [3.8, 4) is 0 Å². The second kappa shape index (κ2) is 5.98. The van der Waals surface area contributed by atoms with Gasteiger partial charge in [0.15, 0.2) is 0 Å². The molecule has 0 radical (unpaired) electrons. The highest BCUT2D eigenvalue weighted by Gasteiger charge is 2.14. The highest BCUT2D eigenvalue weighted by molar-refractivity contribution is 4.96. The molecular weight excluding hydrogens is 206 g/mol. The van der Waals surface area contributed by atoms with E-state index >= 15 is 0 Å². The summed E-state index contributed by atoms with van der Waals surface area (Å²) in [7, 11) is 2.10. The Morgan fingerprint density at radius 1 is 1.56 bits per heavy atom. The average Bonchev–Trinajstić information content (AvgIpc) is 2.81. The van der Waals surface area contributed by atoms with Crippen LogP contribution in [0.25, 0.3) is 0 Å². The summed E-state index contributed by atoms with van der Waals surface area (Å²) < 4.78 is 11.0. The molecule has 5 nitrogen and oxygen atoms in total. The first-order chi connectivity index (χ1) is 7.84. The summed E-state index contributed by atoms with van der Waals surface area (Å²) in [5.41, 5.74) is 1.14. The molecule has 0 aliphatic carbocycles. The third kappa shape index (κ3) is 3.59. The molecule has 1 aliphatic heterocycles. The number of ether oxygens (including phenoxy) is 2. The van der Waals surface area contributed by atoms with Gasteiger partial charge in [0.25, 0.3) is 0 Å². The number of aromatic nitrogens is 2. The Bertz CT molecular complexity index is 283. The summed E-state index contributed by atoms with van der Waals surface area (Å²) in [5.74, 6) is 0. The van der Waals surface area contributed by atoms with Gasteiger partial charge in [-0.25, -0.2) is 0 Å². The molecule has 1 N–H and O–H groups in total. The number of nitrogens with one attached hydrogen (secondary N) is 1. The monoisotopic (exact) mass is 225 g/mol. The van der Waals surface area contributed by atoms with Crippen molar-refractivity contribution in [1.29, 1.82) is 0 Å². The van der Waals surface area contributed by atoms with Crippen LogP contribution < -0.4 is 0 Å². The Hall–Kier alpha value is -0.910. The van der Waals surface area contributed by atoms with Gasteiger partial charge in [-0.05, 0) is 19.5 Å². The van der Waals surface area contributed by atoms with Gasteiger partial charge in [-0.15, -0.1) is 0 Å². The van der Waals surface area contributed by atoms with Gasteiger partial charge in [0, 0.05) is 25.0 Å². The molecule has 0 spiro atoms. The molecule has 0 aromatic carbocycles. The lowest BCUT2D eigenvalue weighted by Gasteiger charge is -2.25. The van der Waals surface area contributed by atoms with Gasteiger partial charge in [0.1, 0.15) is 0 Å². The van der Waals surface area contributed by atoms with Gasteiger partial charge in [-0.3, -0.25) is 5.10 Å². The molecular formula is C11H19N3O2. The topological polar surface area (TPSA) is 50.4 Å². The minimum Gasteiger partial charge on any atom is -0.376 e. The van der Waals surface area contributed by atoms with Gasteiger partial charge in [-0.2, -0.15) is 5.10 Å². The van der Waals surface area contributed by atoms with E-state index in [-0.39, 0.29) is 6.10 Å². The zero-order valence-corrected chi connectivity index (χ0v) is 9.69. The minimum atomic E-state index is 0.262. The molecule has 0 amide bonds. The number of aromatic amines is 1. The molecule has 1 aromatic rings. The predicted molar refractivity (Wildman–Crippen MR) is 60.1 cm³/mol. The molecule has 1 fully saturated rings. The van der Waals surface area contributed by atoms with E-state index in [0.29, 0.717) is 0 Å².